The van der Waals surface area contributed by atoms with Crippen molar-refractivity contribution in [1.29, 1.82) is 0 Å². The van der Waals surface area contributed by atoms with Gasteiger partial charge in [0.2, 0.25) is 0 Å². The van der Waals surface area contributed by atoms with E-state index in [4.69, 9.17) is 0 Å². The van der Waals surface area contributed by atoms with Crippen molar-refractivity contribution >= 4 is 6.21 Å². The van der Waals surface area contributed by atoms with Crippen molar-refractivity contribution in [1.82, 2.24) is 0 Å². The molecule has 1 rings (SSSR count). The SMILES string of the molecule is CC(C)/[N+]([O-])=C/c1ccccc1O. The number of para-hydroxylation sites is 1. The maximum Gasteiger partial charge on any atom is 0.185 e. The maximum absolute atomic E-state index is 11.2. The van der Waals surface area contributed by atoms with E-state index < -0.39 is 0 Å². The van der Waals surface area contributed by atoms with E-state index in [0.29, 0.717) is 5.56 Å². The van der Waals surface area contributed by atoms with Crippen molar-refractivity contribution < 1.29 is 9.85 Å². The van der Waals surface area contributed by atoms with Gasteiger partial charge in [-0.25, -0.2) is 4.74 Å². The quantitative estimate of drug-likeness (QED) is 0.325. The Morgan fingerprint density at radius 1 is 1.38 bits per heavy atom. The number of benzene rings is 1. The number of nitrogens with zero attached hydrogens (tertiary/aromatic N) is 1. The average Bonchev–Trinajstić information content (AvgIpc) is 2.08. The standard InChI is InChI=1S/C10H13NO2/c1-8(2)11(13)7-9-5-3-4-6-10(9)12/h3-8,12H,1-2H3/b11-7-. The van der Waals surface area contributed by atoms with Gasteiger partial charge in [0.25, 0.3) is 0 Å². The molecule has 0 amide bonds. The molecule has 13 heavy (non-hydrogen) atoms. The van der Waals surface area contributed by atoms with Crippen LogP contribution >= 0.6 is 0 Å². The number of hydrogen-bond acceptors (Lipinski definition) is 2. The van der Waals surface area contributed by atoms with Gasteiger partial charge in [-0.1, -0.05) is 12.1 Å². The van der Waals surface area contributed by atoms with Crippen molar-refractivity contribution in [3.63, 3.8) is 0 Å². The Hall–Kier alpha value is -1.51. The molecule has 0 radical (unpaired) electrons. The van der Waals surface area contributed by atoms with Crippen LogP contribution in [0, 0.1) is 5.21 Å². The molecule has 0 heterocycles. The fourth-order valence-electron chi connectivity index (χ4n) is 0.883. The third kappa shape index (κ3) is 2.47. The Morgan fingerprint density at radius 2 is 2.00 bits per heavy atom. The normalized spacial score (nSPS) is 12.1. The molecule has 0 saturated heterocycles. The first kappa shape index (κ1) is 9.58. The Kier molecular flexibility index (Phi) is 2.90. The molecule has 0 aliphatic carbocycles. The molecule has 3 heteroatoms. The molecule has 0 atom stereocenters. The highest BCUT2D eigenvalue weighted by Crippen LogP contribution is 2.12. The van der Waals surface area contributed by atoms with Crippen LogP contribution in [0.2, 0.25) is 0 Å². The zero-order valence-corrected chi connectivity index (χ0v) is 7.77. The lowest BCUT2D eigenvalue weighted by Gasteiger charge is -2.07. The van der Waals surface area contributed by atoms with E-state index in [2.05, 4.69) is 0 Å². The number of aromatic hydroxyl groups is 1. The number of hydroxylamine groups is 1. The summed E-state index contributed by atoms with van der Waals surface area (Å²) < 4.78 is 0.815. The Balaban J connectivity index is 2.97. The van der Waals surface area contributed by atoms with E-state index in [-0.39, 0.29) is 11.8 Å². The molecular formula is C10H13NO2. The molecule has 1 N–H and O–H groups in total. The smallest absolute Gasteiger partial charge is 0.185 e. The van der Waals surface area contributed by atoms with Crippen LogP contribution in [0.3, 0.4) is 0 Å². The molecule has 0 aromatic heterocycles. The molecule has 0 fully saturated rings. The zero-order valence-electron chi connectivity index (χ0n) is 7.77. The van der Waals surface area contributed by atoms with Gasteiger partial charge in [0.15, 0.2) is 12.3 Å². The zero-order chi connectivity index (χ0) is 9.84. The van der Waals surface area contributed by atoms with Crippen LogP contribution in [0.1, 0.15) is 19.4 Å². The van der Waals surface area contributed by atoms with Crippen molar-refractivity contribution in [2.45, 2.75) is 19.9 Å². The molecule has 0 aliphatic heterocycles. The number of phenols is 1. The highest BCUT2D eigenvalue weighted by atomic mass is 16.5. The molecule has 1 aromatic rings. The van der Waals surface area contributed by atoms with Crippen LogP contribution in [0.15, 0.2) is 24.3 Å². The molecule has 1 aromatic carbocycles. The first-order chi connectivity index (χ1) is 6.11. The number of hydrogen-bond donors (Lipinski definition) is 1. The molecule has 0 spiro atoms. The molecule has 0 unspecified atom stereocenters. The molecular weight excluding hydrogens is 166 g/mol. The summed E-state index contributed by atoms with van der Waals surface area (Å²) >= 11 is 0. The first-order valence-corrected chi connectivity index (χ1v) is 4.19. The Bertz CT molecular complexity index is 318. The lowest BCUT2D eigenvalue weighted by molar-refractivity contribution is -0.487. The Morgan fingerprint density at radius 3 is 2.54 bits per heavy atom. The largest absolute Gasteiger partial charge is 0.624 e. The number of phenolic OH excluding ortho intramolecular Hbond substituents is 1. The summed E-state index contributed by atoms with van der Waals surface area (Å²) in [7, 11) is 0. The van der Waals surface area contributed by atoms with Crippen molar-refractivity contribution in [2.75, 3.05) is 0 Å². The molecule has 0 aliphatic rings. The van der Waals surface area contributed by atoms with Gasteiger partial charge in [-0.05, 0) is 26.0 Å². The van der Waals surface area contributed by atoms with Gasteiger partial charge in [0, 0.05) is 0 Å². The summed E-state index contributed by atoms with van der Waals surface area (Å²) in [6.07, 6.45) is 1.39. The predicted molar refractivity (Wildman–Crippen MR) is 52.0 cm³/mol. The van der Waals surface area contributed by atoms with Crippen LogP contribution in [0.25, 0.3) is 0 Å². The van der Waals surface area contributed by atoms with E-state index >= 15 is 0 Å². The van der Waals surface area contributed by atoms with E-state index in [1.807, 2.05) is 0 Å². The van der Waals surface area contributed by atoms with Crippen LogP contribution < -0.4 is 0 Å². The second-order valence-electron chi connectivity index (χ2n) is 3.14. The summed E-state index contributed by atoms with van der Waals surface area (Å²) in [4.78, 5) is 0. The third-order valence-electron chi connectivity index (χ3n) is 1.71. The van der Waals surface area contributed by atoms with Gasteiger partial charge in [0.05, 0.1) is 5.56 Å². The van der Waals surface area contributed by atoms with Crippen LogP contribution in [0.4, 0.5) is 0 Å². The lowest BCUT2D eigenvalue weighted by Crippen LogP contribution is -2.14. The second kappa shape index (κ2) is 3.94. The van der Waals surface area contributed by atoms with Crippen molar-refractivity contribution in [3.8, 4) is 5.75 Å². The maximum atomic E-state index is 11.2. The van der Waals surface area contributed by atoms with Gasteiger partial charge >= 0.3 is 0 Å². The van der Waals surface area contributed by atoms with Crippen molar-refractivity contribution in [2.24, 2.45) is 0 Å². The molecule has 0 saturated carbocycles. The minimum atomic E-state index is -0.111. The molecule has 0 bridgehead atoms. The minimum Gasteiger partial charge on any atom is -0.624 e. The monoisotopic (exact) mass is 179 g/mol. The van der Waals surface area contributed by atoms with Crippen LogP contribution in [-0.4, -0.2) is 22.1 Å². The van der Waals surface area contributed by atoms with Gasteiger partial charge in [-0.2, -0.15) is 0 Å². The van der Waals surface area contributed by atoms with E-state index in [0.717, 1.165) is 4.74 Å². The highest BCUT2D eigenvalue weighted by Gasteiger charge is 2.03. The summed E-state index contributed by atoms with van der Waals surface area (Å²) in [5, 5.41) is 20.6. The summed E-state index contributed by atoms with van der Waals surface area (Å²) in [5.41, 5.74) is 0.547. The van der Waals surface area contributed by atoms with Gasteiger partial charge in [0.1, 0.15) is 5.75 Å². The van der Waals surface area contributed by atoms with E-state index in [1.54, 1.807) is 38.1 Å². The fraction of sp³-hybridized carbons (Fsp3) is 0.300. The minimum absolute atomic E-state index is 0.111. The van der Waals surface area contributed by atoms with Crippen LogP contribution in [0.5, 0.6) is 5.75 Å². The van der Waals surface area contributed by atoms with E-state index in [9.17, 15) is 10.3 Å². The second-order valence-corrected chi connectivity index (χ2v) is 3.14. The third-order valence-corrected chi connectivity index (χ3v) is 1.71. The van der Waals surface area contributed by atoms with Crippen molar-refractivity contribution in [3.05, 3.63) is 35.0 Å². The summed E-state index contributed by atoms with van der Waals surface area (Å²) in [6, 6.07) is 6.64. The summed E-state index contributed by atoms with van der Waals surface area (Å²) in [5.74, 6) is 0.129. The first-order valence-electron chi connectivity index (χ1n) is 4.19. The van der Waals surface area contributed by atoms with Gasteiger partial charge in [-0.3, -0.25) is 0 Å². The van der Waals surface area contributed by atoms with E-state index in [1.165, 1.54) is 6.21 Å². The topological polar surface area (TPSA) is 46.3 Å². The molecule has 70 valence electrons. The molecule has 3 nitrogen and oxygen atoms in total. The van der Waals surface area contributed by atoms with Crippen LogP contribution in [-0.2, 0) is 0 Å². The van der Waals surface area contributed by atoms with Gasteiger partial charge in [-0.15, -0.1) is 0 Å². The average molecular weight is 179 g/mol. The fourth-order valence-corrected chi connectivity index (χ4v) is 0.883. The van der Waals surface area contributed by atoms with Gasteiger partial charge < -0.3 is 10.3 Å². The Labute approximate surface area is 77.5 Å². The number of rotatable bonds is 2. The lowest BCUT2D eigenvalue weighted by atomic mass is 10.2. The highest BCUT2D eigenvalue weighted by molar-refractivity contribution is 5.79. The summed E-state index contributed by atoms with van der Waals surface area (Å²) in [6.45, 7) is 3.59. The predicted octanol–water partition coefficient (Wildman–Crippen LogP) is 1.73.